The summed E-state index contributed by atoms with van der Waals surface area (Å²) in [6, 6.07) is 4.78. The molecule has 0 saturated heterocycles. The standard InChI is InChI=1S/C15H22O/c1-10(2)14-7-12-5-6-16-9-13(12)8-15(14)11(3)4/h7-8,10-11H,5-6,9H2,1-4H3. The van der Waals surface area contributed by atoms with E-state index in [1.807, 2.05) is 0 Å². The molecule has 88 valence electrons. The van der Waals surface area contributed by atoms with Gasteiger partial charge in [0.25, 0.3) is 0 Å². The Labute approximate surface area is 98.8 Å². The van der Waals surface area contributed by atoms with Crippen molar-refractivity contribution in [2.24, 2.45) is 0 Å². The minimum absolute atomic E-state index is 0.602. The van der Waals surface area contributed by atoms with Crippen LogP contribution in [0.5, 0.6) is 0 Å². The number of hydrogen-bond donors (Lipinski definition) is 0. The molecule has 0 aliphatic carbocycles. The van der Waals surface area contributed by atoms with E-state index in [9.17, 15) is 0 Å². The van der Waals surface area contributed by atoms with E-state index in [0.717, 1.165) is 19.6 Å². The first-order valence-electron chi connectivity index (χ1n) is 6.33. The van der Waals surface area contributed by atoms with Gasteiger partial charge in [0.2, 0.25) is 0 Å². The molecule has 0 unspecified atom stereocenters. The number of rotatable bonds is 2. The van der Waals surface area contributed by atoms with Crippen LogP contribution in [0.1, 0.15) is 61.8 Å². The molecule has 0 N–H and O–H groups in total. The van der Waals surface area contributed by atoms with Crippen molar-refractivity contribution in [2.75, 3.05) is 6.61 Å². The van der Waals surface area contributed by atoms with Crippen LogP contribution in [-0.2, 0) is 17.8 Å². The zero-order valence-electron chi connectivity index (χ0n) is 10.8. The molecule has 0 saturated carbocycles. The summed E-state index contributed by atoms with van der Waals surface area (Å²) in [5.74, 6) is 1.22. The highest BCUT2D eigenvalue weighted by atomic mass is 16.5. The monoisotopic (exact) mass is 218 g/mol. The van der Waals surface area contributed by atoms with Crippen molar-refractivity contribution in [1.29, 1.82) is 0 Å². The van der Waals surface area contributed by atoms with Gasteiger partial charge in [-0.15, -0.1) is 0 Å². The highest BCUT2D eigenvalue weighted by Crippen LogP contribution is 2.31. The van der Waals surface area contributed by atoms with Crippen molar-refractivity contribution in [3.05, 3.63) is 34.4 Å². The molecule has 0 spiro atoms. The van der Waals surface area contributed by atoms with Gasteiger partial charge in [0.05, 0.1) is 13.2 Å². The SMILES string of the molecule is CC(C)c1cc2c(cc1C(C)C)COCC2. The van der Waals surface area contributed by atoms with Gasteiger partial charge in [-0.2, -0.15) is 0 Å². The van der Waals surface area contributed by atoms with E-state index in [1.54, 1.807) is 0 Å². The Kier molecular flexibility index (Phi) is 3.34. The van der Waals surface area contributed by atoms with Crippen LogP contribution >= 0.6 is 0 Å². The Morgan fingerprint density at radius 2 is 1.50 bits per heavy atom. The Bertz CT molecular complexity index is 340. The molecule has 0 amide bonds. The lowest BCUT2D eigenvalue weighted by atomic mass is 9.86. The molecule has 0 bridgehead atoms. The normalized spacial score (nSPS) is 15.6. The van der Waals surface area contributed by atoms with Crippen LogP contribution in [0.2, 0.25) is 0 Å². The summed E-state index contributed by atoms with van der Waals surface area (Å²) in [6.45, 7) is 10.8. The molecule has 1 aliphatic heterocycles. The first-order valence-corrected chi connectivity index (χ1v) is 6.33. The van der Waals surface area contributed by atoms with E-state index in [0.29, 0.717) is 11.8 Å². The van der Waals surface area contributed by atoms with Gasteiger partial charge in [0.1, 0.15) is 0 Å². The molecule has 1 aliphatic rings. The summed E-state index contributed by atoms with van der Waals surface area (Å²) < 4.78 is 5.53. The predicted octanol–water partition coefficient (Wildman–Crippen LogP) is 4.01. The van der Waals surface area contributed by atoms with E-state index in [-0.39, 0.29) is 0 Å². The van der Waals surface area contributed by atoms with Gasteiger partial charge in [-0.3, -0.25) is 0 Å². The largest absolute Gasteiger partial charge is 0.376 e. The van der Waals surface area contributed by atoms with Crippen LogP contribution in [0.3, 0.4) is 0 Å². The molecular weight excluding hydrogens is 196 g/mol. The fraction of sp³-hybridized carbons (Fsp3) is 0.600. The molecule has 1 aromatic carbocycles. The Morgan fingerprint density at radius 1 is 0.938 bits per heavy atom. The van der Waals surface area contributed by atoms with Crippen molar-refractivity contribution in [3.8, 4) is 0 Å². The average molecular weight is 218 g/mol. The first-order chi connectivity index (χ1) is 7.59. The average Bonchev–Trinajstić information content (AvgIpc) is 2.27. The minimum atomic E-state index is 0.602. The van der Waals surface area contributed by atoms with Crippen molar-refractivity contribution in [1.82, 2.24) is 0 Å². The summed E-state index contributed by atoms with van der Waals surface area (Å²) in [5, 5.41) is 0. The third-order valence-electron chi connectivity index (χ3n) is 3.42. The lowest BCUT2D eigenvalue weighted by Gasteiger charge is -2.23. The molecule has 0 radical (unpaired) electrons. The van der Waals surface area contributed by atoms with E-state index < -0.39 is 0 Å². The van der Waals surface area contributed by atoms with Gasteiger partial charge in [-0.1, -0.05) is 39.8 Å². The first kappa shape index (κ1) is 11.7. The summed E-state index contributed by atoms with van der Waals surface area (Å²) in [7, 11) is 0. The molecule has 16 heavy (non-hydrogen) atoms. The number of ether oxygens (including phenoxy) is 1. The van der Waals surface area contributed by atoms with Gasteiger partial charge in [-0.25, -0.2) is 0 Å². The summed E-state index contributed by atoms with van der Waals surface area (Å²) >= 11 is 0. The van der Waals surface area contributed by atoms with Gasteiger partial charge in [0, 0.05) is 0 Å². The molecule has 0 aromatic heterocycles. The highest BCUT2D eigenvalue weighted by molar-refractivity contribution is 5.42. The molecule has 1 heteroatoms. The molecule has 0 fully saturated rings. The van der Waals surface area contributed by atoms with Crippen molar-refractivity contribution in [3.63, 3.8) is 0 Å². The molecule has 1 heterocycles. The van der Waals surface area contributed by atoms with Gasteiger partial charge in [0.15, 0.2) is 0 Å². The number of fused-ring (bicyclic) bond motifs is 1. The molecule has 1 aromatic rings. The summed E-state index contributed by atoms with van der Waals surface area (Å²) in [4.78, 5) is 0. The Balaban J connectivity index is 2.50. The second-order valence-corrected chi connectivity index (χ2v) is 5.36. The smallest absolute Gasteiger partial charge is 0.0719 e. The van der Waals surface area contributed by atoms with Crippen molar-refractivity contribution >= 4 is 0 Å². The van der Waals surface area contributed by atoms with E-state index in [2.05, 4.69) is 39.8 Å². The predicted molar refractivity (Wildman–Crippen MR) is 68.0 cm³/mol. The fourth-order valence-electron chi connectivity index (χ4n) is 2.46. The van der Waals surface area contributed by atoms with Crippen LogP contribution in [0.25, 0.3) is 0 Å². The van der Waals surface area contributed by atoms with Gasteiger partial charge >= 0.3 is 0 Å². The fourth-order valence-corrected chi connectivity index (χ4v) is 2.46. The number of hydrogen-bond acceptors (Lipinski definition) is 1. The second kappa shape index (κ2) is 4.58. The summed E-state index contributed by atoms with van der Waals surface area (Å²) in [5.41, 5.74) is 5.92. The zero-order valence-corrected chi connectivity index (χ0v) is 10.8. The zero-order chi connectivity index (χ0) is 11.7. The van der Waals surface area contributed by atoms with Crippen molar-refractivity contribution in [2.45, 2.75) is 52.6 Å². The Morgan fingerprint density at radius 3 is 2.06 bits per heavy atom. The third kappa shape index (κ3) is 2.15. The number of benzene rings is 1. The topological polar surface area (TPSA) is 9.23 Å². The molecular formula is C15H22O. The maximum Gasteiger partial charge on any atom is 0.0719 e. The second-order valence-electron chi connectivity index (χ2n) is 5.36. The van der Waals surface area contributed by atoms with E-state index in [1.165, 1.54) is 22.3 Å². The van der Waals surface area contributed by atoms with E-state index in [4.69, 9.17) is 4.74 Å². The van der Waals surface area contributed by atoms with Crippen LogP contribution in [-0.4, -0.2) is 6.61 Å². The van der Waals surface area contributed by atoms with Crippen LogP contribution in [0.4, 0.5) is 0 Å². The minimum Gasteiger partial charge on any atom is -0.376 e. The van der Waals surface area contributed by atoms with Gasteiger partial charge in [-0.05, 0) is 40.5 Å². The van der Waals surface area contributed by atoms with Crippen LogP contribution < -0.4 is 0 Å². The van der Waals surface area contributed by atoms with Crippen LogP contribution in [0, 0.1) is 0 Å². The van der Waals surface area contributed by atoms with Gasteiger partial charge < -0.3 is 4.74 Å². The lowest BCUT2D eigenvalue weighted by Crippen LogP contribution is -2.12. The lowest BCUT2D eigenvalue weighted by molar-refractivity contribution is 0.110. The molecule has 0 atom stereocenters. The maximum atomic E-state index is 5.53. The van der Waals surface area contributed by atoms with E-state index >= 15 is 0 Å². The maximum absolute atomic E-state index is 5.53. The third-order valence-corrected chi connectivity index (χ3v) is 3.42. The Hall–Kier alpha value is -0.820. The highest BCUT2D eigenvalue weighted by Gasteiger charge is 2.16. The molecule has 1 nitrogen and oxygen atoms in total. The summed E-state index contributed by atoms with van der Waals surface area (Å²) in [6.07, 6.45) is 1.08. The molecule has 2 rings (SSSR count). The quantitative estimate of drug-likeness (QED) is 0.729. The van der Waals surface area contributed by atoms with Crippen molar-refractivity contribution < 1.29 is 4.74 Å². The van der Waals surface area contributed by atoms with Crippen LogP contribution in [0.15, 0.2) is 12.1 Å².